The van der Waals surface area contributed by atoms with E-state index in [9.17, 15) is 25.9 Å². The highest BCUT2D eigenvalue weighted by atomic mass is 32.2. The Hall–Kier alpha value is -7.74. The standard InChI is InChI=1S/C42H30N8O6S2.2O3S/c1-2-27-23-32(45-47-39-22-13-30-24-34(57(51,52)53)18-19-36(30)42(39)50(45)47)17-20-37(27)44-43-31-14-8-26(9-15-31)7-10-29-11-16-33(25-40(29)58(54,55)56)46-48-38-21-12-28-5-3-4-6-35(28)41(38)49(46)48;2*1-4(2)3/h3-25H,2H2,1H3,(H,51,52,53)(H,54,55,56);;. The molecule has 4 aromatic heterocycles. The van der Waals surface area contributed by atoms with E-state index >= 15 is 0 Å². The lowest BCUT2D eigenvalue weighted by atomic mass is 10.1. The lowest BCUT2D eigenvalue weighted by molar-refractivity contribution is 0.481. The number of benzene rings is 7. The highest BCUT2D eigenvalue weighted by molar-refractivity contribution is 7.86. The SMILES string of the molecule is CCc1cc(-n2n3c4ccc5cc(S(=O)(=O)O)ccc5c4n23)ccc1N=Nc1ccc(C=Cc2ccc(-n3n4c5ccc6ccccc6c5n34)cc2S(=O)(=O)O)cc1.O=S(=O)=O.O=S(=O)=O. The molecule has 0 aliphatic rings. The van der Waals surface area contributed by atoms with Gasteiger partial charge in [0, 0.05) is 10.8 Å². The van der Waals surface area contributed by atoms with Crippen LogP contribution in [0.4, 0.5) is 11.4 Å². The molecule has 334 valence electrons. The van der Waals surface area contributed by atoms with Gasteiger partial charge in [-0.3, -0.25) is 9.11 Å². The Balaban J connectivity index is 0.000000636. The number of rotatable bonds is 9. The molecule has 0 saturated carbocycles. The third kappa shape index (κ3) is 8.03. The maximum Gasteiger partial charge on any atom is 0.425 e. The Kier molecular flexibility index (Phi) is 10.8. The molecule has 0 amide bonds. The summed E-state index contributed by atoms with van der Waals surface area (Å²) < 4.78 is 127. The predicted octanol–water partition coefficient (Wildman–Crippen LogP) is 7.09. The monoisotopic (exact) mass is 966 g/mol. The van der Waals surface area contributed by atoms with Gasteiger partial charge in [0.05, 0.1) is 27.6 Å². The molecular formula is C42H30N8O12S4. The average Bonchev–Trinajstić information content (AvgIpc) is 4.13. The molecule has 4 heterocycles. The lowest BCUT2D eigenvalue weighted by Crippen LogP contribution is -2.02. The van der Waals surface area contributed by atoms with E-state index in [1.807, 2.05) is 101 Å². The van der Waals surface area contributed by atoms with Crippen molar-refractivity contribution in [2.24, 2.45) is 10.2 Å². The maximum absolute atomic E-state index is 12.5. The molecule has 66 heavy (non-hydrogen) atoms. The third-order valence-corrected chi connectivity index (χ3v) is 12.5. The first-order valence-corrected chi connectivity index (χ1v) is 24.2. The largest absolute Gasteiger partial charge is 0.425 e. The van der Waals surface area contributed by atoms with E-state index in [2.05, 4.69) is 41.4 Å². The molecule has 24 heteroatoms. The lowest BCUT2D eigenvalue weighted by Gasteiger charge is -2.05. The van der Waals surface area contributed by atoms with Gasteiger partial charge < -0.3 is 0 Å². The van der Waals surface area contributed by atoms with Gasteiger partial charge in [0.2, 0.25) is 0 Å². The van der Waals surface area contributed by atoms with Crippen molar-refractivity contribution < 1.29 is 51.2 Å². The predicted molar refractivity (Wildman–Crippen MR) is 241 cm³/mol. The van der Waals surface area contributed by atoms with Crippen molar-refractivity contribution in [2.75, 3.05) is 0 Å². The van der Waals surface area contributed by atoms with E-state index in [0.29, 0.717) is 22.3 Å². The summed E-state index contributed by atoms with van der Waals surface area (Å²) in [4.78, 5) is 3.55. The molecule has 20 nitrogen and oxygen atoms in total. The van der Waals surface area contributed by atoms with Gasteiger partial charge in [-0.15, -0.1) is 43.8 Å². The molecule has 11 rings (SSSR count). The Morgan fingerprint density at radius 1 is 0.561 bits per heavy atom. The molecule has 0 bridgehead atoms. The molecular weight excluding hydrogens is 937 g/mol. The van der Waals surface area contributed by atoms with Gasteiger partial charge in [-0.2, -0.15) is 36.7 Å². The van der Waals surface area contributed by atoms with Crippen molar-refractivity contribution in [2.45, 2.75) is 23.1 Å². The van der Waals surface area contributed by atoms with Gasteiger partial charge in [-0.1, -0.05) is 79.7 Å². The average molecular weight is 967 g/mol. The number of aromatic nitrogens is 6. The summed E-state index contributed by atoms with van der Waals surface area (Å²) in [6, 6.07) is 38.8. The summed E-state index contributed by atoms with van der Waals surface area (Å²) in [6.45, 7) is 2.05. The zero-order valence-corrected chi connectivity index (χ0v) is 36.9. The van der Waals surface area contributed by atoms with E-state index < -0.39 is 41.5 Å². The minimum atomic E-state index is -4.53. The minimum absolute atomic E-state index is 0.143. The van der Waals surface area contributed by atoms with Crippen LogP contribution in [0.5, 0.6) is 0 Å². The van der Waals surface area contributed by atoms with E-state index in [0.717, 1.165) is 67.1 Å². The number of hydrogen-bond donors (Lipinski definition) is 2. The van der Waals surface area contributed by atoms with Crippen molar-refractivity contribution in [1.29, 1.82) is 0 Å². The van der Waals surface area contributed by atoms with Crippen LogP contribution >= 0.6 is 0 Å². The molecule has 11 aromatic rings. The number of hydrogen-bond acceptors (Lipinski definition) is 12. The minimum Gasteiger partial charge on any atom is -0.282 e. The van der Waals surface area contributed by atoms with Crippen LogP contribution in [0.3, 0.4) is 0 Å². The smallest absolute Gasteiger partial charge is 0.282 e. The molecule has 0 unspecified atom stereocenters. The maximum atomic E-state index is 12.5. The van der Waals surface area contributed by atoms with Gasteiger partial charge in [0.15, 0.2) is 0 Å². The van der Waals surface area contributed by atoms with Gasteiger partial charge in [-0.05, 0) is 101 Å². The van der Waals surface area contributed by atoms with Crippen LogP contribution in [-0.4, -0.2) is 79.3 Å². The first-order chi connectivity index (χ1) is 31.4. The summed E-state index contributed by atoms with van der Waals surface area (Å²) in [6.07, 6.45) is 4.16. The van der Waals surface area contributed by atoms with Crippen LogP contribution in [0.15, 0.2) is 147 Å². The van der Waals surface area contributed by atoms with Crippen molar-refractivity contribution in [1.82, 2.24) is 28.1 Å². The number of nitrogens with zero attached hydrogens (tertiary/aromatic N) is 8. The molecule has 0 saturated heterocycles. The Morgan fingerprint density at radius 2 is 1.14 bits per heavy atom. The first kappa shape index (κ1) is 43.5. The summed E-state index contributed by atoms with van der Waals surface area (Å²) in [5.41, 5.74) is 9.07. The second-order valence-corrected chi connectivity index (χ2v) is 18.2. The normalized spacial score (nSPS) is 12.4. The van der Waals surface area contributed by atoms with Crippen molar-refractivity contribution >= 4 is 109 Å². The quantitative estimate of drug-likeness (QED) is 0.0834. The second-order valence-electron chi connectivity index (χ2n) is 14.6. The summed E-state index contributed by atoms with van der Waals surface area (Å²) in [5, 5.41) is 12.8. The zero-order valence-electron chi connectivity index (χ0n) is 33.7. The van der Waals surface area contributed by atoms with E-state index in [4.69, 9.17) is 25.3 Å². The van der Waals surface area contributed by atoms with Crippen LogP contribution in [0.2, 0.25) is 0 Å². The van der Waals surface area contributed by atoms with Crippen molar-refractivity contribution in [3.05, 3.63) is 144 Å². The topological polar surface area (TPSA) is 263 Å². The second kappa shape index (κ2) is 16.4. The summed E-state index contributed by atoms with van der Waals surface area (Å²) in [7, 11) is -15.1. The number of fused-ring (bicyclic) bond motifs is 12. The number of azo groups is 1. The molecule has 2 N–H and O–H groups in total. The van der Waals surface area contributed by atoms with Crippen LogP contribution in [-0.2, 0) is 47.9 Å². The molecule has 7 aromatic carbocycles. The van der Waals surface area contributed by atoms with Gasteiger partial charge in [0.1, 0.15) is 27.0 Å². The van der Waals surface area contributed by atoms with Crippen molar-refractivity contribution in [3.63, 3.8) is 0 Å². The summed E-state index contributed by atoms with van der Waals surface area (Å²) >= 11 is 0. The molecule has 0 aliphatic heterocycles. The van der Waals surface area contributed by atoms with Gasteiger partial charge >= 0.3 is 21.2 Å². The Labute approximate surface area is 374 Å². The fraction of sp³-hybridized carbons (Fsp3) is 0.0476. The summed E-state index contributed by atoms with van der Waals surface area (Å²) in [5.74, 6) is 0. The fourth-order valence-corrected chi connectivity index (χ4v) is 9.07. The van der Waals surface area contributed by atoms with Crippen LogP contribution < -0.4 is 0 Å². The van der Waals surface area contributed by atoms with Crippen molar-refractivity contribution in [3.8, 4) is 11.4 Å². The van der Waals surface area contributed by atoms with Gasteiger partial charge in [0.25, 0.3) is 20.2 Å². The zero-order chi connectivity index (χ0) is 46.8. The third-order valence-electron chi connectivity index (χ3n) is 10.8. The van der Waals surface area contributed by atoms with Crippen LogP contribution in [0.25, 0.3) is 67.1 Å². The highest BCUT2D eigenvalue weighted by Crippen LogP contribution is 2.36. The Bertz CT molecular complexity index is 4190. The molecule has 0 aliphatic carbocycles. The first-order valence-electron chi connectivity index (χ1n) is 19.3. The molecule has 0 atom stereocenters. The highest BCUT2D eigenvalue weighted by Gasteiger charge is 2.28. The van der Waals surface area contributed by atoms with E-state index in [1.165, 1.54) is 18.2 Å². The van der Waals surface area contributed by atoms with Crippen LogP contribution in [0.1, 0.15) is 23.6 Å². The Morgan fingerprint density at radius 3 is 1.74 bits per heavy atom. The van der Waals surface area contributed by atoms with Crippen LogP contribution in [0, 0.1) is 0 Å². The number of aryl methyl sites for hydroxylation is 1. The van der Waals surface area contributed by atoms with E-state index in [1.54, 1.807) is 24.3 Å². The van der Waals surface area contributed by atoms with Gasteiger partial charge in [-0.25, -0.2) is 0 Å². The molecule has 0 fully saturated rings. The molecule has 0 radical (unpaired) electrons. The fourth-order valence-electron chi connectivity index (χ4n) is 7.85. The van der Waals surface area contributed by atoms with E-state index in [-0.39, 0.29) is 9.79 Å². The molecule has 0 spiro atoms.